The van der Waals surface area contributed by atoms with Crippen LogP contribution in [-0.2, 0) is 0 Å². The molecule has 1 fully saturated rings. The normalized spacial score (nSPS) is 26.3. The van der Waals surface area contributed by atoms with E-state index in [9.17, 15) is 0 Å². The highest BCUT2D eigenvalue weighted by atomic mass is 15.2. The molecule has 0 saturated carbocycles. The van der Waals surface area contributed by atoms with Crippen LogP contribution < -0.4 is 5.32 Å². The largest absolute Gasteiger partial charge is 0.314 e. The van der Waals surface area contributed by atoms with Gasteiger partial charge in [0.1, 0.15) is 0 Å². The summed E-state index contributed by atoms with van der Waals surface area (Å²) in [6.45, 7) is 10.4. The third kappa shape index (κ3) is 4.05. The first kappa shape index (κ1) is 14.5. The zero-order valence-corrected chi connectivity index (χ0v) is 12.6. The van der Waals surface area contributed by atoms with Gasteiger partial charge in [0.15, 0.2) is 0 Å². The molecule has 1 N–H and O–H groups in total. The number of nitrogens with zero attached hydrogens (tertiary/aromatic N) is 1. The van der Waals surface area contributed by atoms with E-state index in [4.69, 9.17) is 0 Å². The van der Waals surface area contributed by atoms with Crippen LogP contribution in [0.1, 0.15) is 45.1 Å². The van der Waals surface area contributed by atoms with E-state index in [1.807, 2.05) is 0 Å². The maximum absolute atomic E-state index is 3.59. The molecule has 0 aliphatic carbocycles. The quantitative estimate of drug-likeness (QED) is 0.874. The summed E-state index contributed by atoms with van der Waals surface area (Å²) in [6, 6.07) is 12.3. The molecule has 2 heteroatoms. The molecule has 0 amide bonds. The Morgan fingerprint density at radius 2 is 2.05 bits per heavy atom. The highest BCUT2D eigenvalue weighted by Gasteiger charge is 2.25. The molecule has 0 aromatic heterocycles. The van der Waals surface area contributed by atoms with Crippen molar-refractivity contribution in [2.75, 3.05) is 19.6 Å². The molecule has 106 valence electrons. The van der Waals surface area contributed by atoms with Crippen molar-refractivity contribution in [1.29, 1.82) is 0 Å². The molecule has 1 aliphatic rings. The second-order valence-corrected chi connectivity index (χ2v) is 5.93. The third-order valence-electron chi connectivity index (χ3n) is 4.38. The number of hydrogen-bond acceptors (Lipinski definition) is 2. The zero-order chi connectivity index (χ0) is 13.7. The van der Waals surface area contributed by atoms with Gasteiger partial charge >= 0.3 is 0 Å². The van der Waals surface area contributed by atoms with Gasteiger partial charge in [0.05, 0.1) is 0 Å². The molecule has 3 unspecified atom stereocenters. The minimum Gasteiger partial charge on any atom is -0.314 e. The van der Waals surface area contributed by atoms with Gasteiger partial charge in [-0.05, 0) is 44.3 Å². The Morgan fingerprint density at radius 1 is 1.32 bits per heavy atom. The summed E-state index contributed by atoms with van der Waals surface area (Å²) >= 11 is 0. The first-order valence-electron chi connectivity index (χ1n) is 7.73. The number of benzene rings is 1. The van der Waals surface area contributed by atoms with E-state index < -0.39 is 0 Å². The van der Waals surface area contributed by atoms with Gasteiger partial charge in [-0.15, -0.1) is 0 Å². The number of rotatable bonds is 5. The summed E-state index contributed by atoms with van der Waals surface area (Å²) in [6.07, 6.45) is 2.58. The Bertz CT molecular complexity index is 363. The molecule has 1 heterocycles. The van der Waals surface area contributed by atoms with Gasteiger partial charge in [-0.1, -0.05) is 44.2 Å². The van der Waals surface area contributed by atoms with Crippen molar-refractivity contribution in [3.8, 4) is 0 Å². The van der Waals surface area contributed by atoms with Crippen molar-refractivity contribution in [3.05, 3.63) is 35.9 Å². The summed E-state index contributed by atoms with van der Waals surface area (Å²) < 4.78 is 0. The van der Waals surface area contributed by atoms with E-state index in [-0.39, 0.29) is 0 Å². The van der Waals surface area contributed by atoms with Crippen molar-refractivity contribution in [2.24, 2.45) is 0 Å². The van der Waals surface area contributed by atoms with Gasteiger partial charge in [0.2, 0.25) is 0 Å². The SMILES string of the molecule is CCNC1CCN(CC(C)c2ccccc2)C(C)C1. The molecule has 1 aliphatic heterocycles. The monoisotopic (exact) mass is 260 g/mol. The standard InChI is InChI=1S/C17H28N2/c1-4-18-17-10-11-19(15(3)12-17)13-14(2)16-8-6-5-7-9-16/h5-9,14-15,17-18H,4,10-13H2,1-3H3. The third-order valence-corrected chi connectivity index (χ3v) is 4.38. The zero-order valence-electron chi connectivity index (χ0n) is 12.6. The highest BCUT2D eigenvalue weighted by Crippen LogP contribution is 2.22. The van der Waals surface area contributed by atoms with Crippen molar-refractivity contribution < 1.29 is 0 Å². The van der Waals surface area contributed by atoms with E-state index >= 15 is 0 Å². The van der Waals surface area contributed by atoms with Crippen LogP contribution in [0.25, 0.3) is 0 Å². The Hall–Kier alpha value is -0.860. The predicted octanol–water partition coefficient (Wildman–Crippen LogP) is 3.25. The lowest BCUT2D eigenvalue weighted by molar-refractivity contribution is 0.130. The van der Waals surface area contributed by atoms with Crippen LogP contribution in [0.3, 0.4) is 0 Å². The summed E-state index contributed by atoms with van der Waals surface area (Å²) in [5.41, 5.74) is 1.46. The molecular formula is C17H28N2. The summed E-state index contributed by atoms with van der Waals surface area (Å²) in [4.78, 5) is 2.66. The van der Waals surface area contributed by atoms with Crippen molar-refractivity contribution in [2.45, 2.75) is 51.6 Å². The van der Waals surface area contributed by atoms with Crippen molar-refractivity contribution in [3.63, 3.8) is 0 Å². The minimum absolute atomic E-state index is 0.624. The topological polar surface area (TPSA) is 15.3 Å². The Morgan fingerprint density at radius 3 is 2.68 bits per heavy atom. The van der Waals surface area contributed by atoms with Crippen LogP contribution in [0, 0.1) is 0 Å². The van der Waals surface area contributed by atoms with Gasteiger partial charge in [0.25, 0.3) is 0 Å². The molecule has 1 saturated heterocycles. The van der Waals surface area contributed by atoms with Crippen molar-refractivity contribution >= 4 is 0 Å². The lowest BCUT2D eigenvalue weighted by atomic mass is 9.94. The molecule has 2 rings (SSSR count). The maximum atomic E-state index is 3.59. The van der Waals surface area contributed by atoms with Gasteiger partial charge < -0.3 is 5.32 Å². The average Bonchev–Trinajstić information content (AvgIpc) is 2.43. The number of piperidine rings is 1. The van der Waals surface area contributed by atoms with Gasteiger partial charge in [-0.25, -0.2) is 0 Å². The van der Waals surface area contributed by atoms with Crippen LogP contribution >= 0.6 is 0 Å². The fraction of sp³-hybridized carbons (Fsp3) is 0.647. The molecule has 3 atom stereocenters. The lowest BCUT2D eigenvalue weighted by Gasteiger charge is -2.39. The number of nitrogens with one attached hydrogen (secondary N) is 1. The molecule has 19 heavy (non-hydrogen) atoms. The molecule has 0 radical (unpaired) electrons. The second-order valence-electron chi connectivity index (χ2n) is 5.93. The highest BCUT2D eigenvalue weighted by molar-refractivity contribution is 5.19. The second kappa shape index (κ2) is 7.06. The van der Waals surface area contributed by atoms with Gasteiger partial charge in [-0.2, -0.15) is 0 Å². The van der Waals surface area contributed by atoms with E-state index in [0.717, 1.165) is 12.6 Å². The number of likely N-dealkylation sites (tertiary alicyclic amines) is 1. The van der Waals surface area contributed by atoms with Crippen LogP contribution in [0.15, 0.2) is 30.3 Å². The van der Waals surface area contributed by atoms with E-state index in [1.54, 1.807) is 0 Å². The van der Waals surface area contributed by atoms with Crippen LogP contribution in [0.5, 0.6) is 0 Å². The predicted molar refractivity (Wildman–Crippen MR) is 82.6 cm³/mol. The molecule has 0 spiro atoms. The first-order valence-corrected chi connectivity index (χ1v) is 7.73. The molecule has 1 aromatic rings. The van der Waals surface area contributed by atoms with Crippen LogP contribution in [0.4, 0.5) is 0 Å². The summed E-state index contributed by atoms with van der Waals surface area (Å²) in [5, 5.41) is 3.59. The van der Waals surface area contributed by atoms with Crippen LogP contribution in [0.2, 0.25) is 0 Å². The van der Waals surface area contributed by atoms with E-state index in [1.165, 1.54) is 31.5 Å². The average molecular weight is 260 g/mol. The molecule has 0 bridgehead atoms. The first-order chi connectivity index (χ1) is 9.20. The molecular weight excluding hydrogens is 232 g/mol. The van der Waals surface area contributed by atoms with E-state index in [2.05, 4.69) is 61.3 Å². The summed E-state index contributed by atoms with van der Waals surface area (Å²) in [7, 11) is 0. The fourth-order valence-electron chi connectivity index (χ4n) is 3.20. The Balaban J connectivity index is 1.86. The Labute approximate surface area is 118 Å². The fourth-order valence-corrected chi connectivity index (χ4v) is 3.20. The smallest absolute Gasteiger partial charge is 0.00939 e. The van der Waals surface area contributed by atoms with Crippen LogP contribution in [-0.4, -0.2) is 36.6 Å². The van der Waals surface area contributed by atoms with Crippen molar-refractivity contribution in [1.82, 2.24) is 10.2 Å². The summed E-state index contributed by atoms with van der Waals surface area (Å²) in [5.74, 6) is 0.624. The lowest BCUT2D eigenvalue weighted by Crippen LogP contribution is -2.48. The van der Waals surface area contributed by atoms with Gasteiger partial charge in [-0.3, -0.25) is 4.90 Å². The number of hydrogen-bond donors (Lipinski definition) is 1. The minimum atomic E-state index is 0.624. The van der Waals surface area contributed by atoms with E-state index in [0.29, 0.717) is 12.0 Å². The maximum Gasteiger partial charge on any atom is 0.00939 e. The molecule has 1 aromatic carbocycles. The molecule has 2 nitrogen and oxygen atoms in total. The van der Waals surface area contributed by atoms with Gasteiger partial charge in [0, 0.05) is 18.6 Å². The Kier molecular flexibility index (Phi) is 5.41.